The van der Waals surface area contributed by atoms with Gasteiger partial charge in [0.15, 0.2) is 0 Å². The van der Waals surface area contributed by atoms with E-state index in [0.717, 1.165) is 6.07 Å². The number of rotatable bonds is 9. The zero-order valence-corrected chi connectivity index (χ0v) is 17.3. The molecule has 2 rings (SSSR count). The third-order valence-electron chi connectivity index (χ3n) is 3.82. The summed E-state index contributed by atoms with van der Waals surface area (Å²) in [5, 5.41) is 7.57. The molecule has 0 aliphatic rings. The first kappa shape index (κ1) is 22.6. The zero-order valence-electron chi connectivity index (χ0n) is 15.7. The fourth-order valence-corrected chi connectivity index (χ4v) is 3.91. The van der Waals surface area contributed by atoms with Crippen molar-refractivity contribution >= 4 is 26.0 Å². The lowest BCUT2D eigenvalue weighted by atomic mass is 10.2. The molecular formula is C17H21N3O7S2. The van der Waals surface area contributed by atoms with Crippen LogP contribution in [0.3, 0.4) is 0 Å². The summed E-state index contributed by atoms with van der Waals surface area (Å²) >= 11 is 0. The number of nitrogens with one attached hydrogen (secondary N) is 2. The van der Waals surface area contributed by atoms with Crippen LogP contribution in [0.15, 0.2) is 52.3 Å². The molecule has 0 aliphatic heterocycles. The Bertz CT molecular complexity index is 1080. The summed E-state index contributed by atoms with van der Waals surface area (Å²) in [6.07, 6.45) is 0. The standard InChI is InChI=1S/C17H21N3O7S2/c1-26-12-3-5-13(6-4-12)29(24,25)20-10-9-19-17(21)15-11-14(28(18,22)23)7-8-16(15)27-2/h3-8,11,20H,9-10H2,1-2H3,(H,19,21)(H2,18,22,23). The first-order valence-corrected chi connectivity index (χ1v) is 11.2. The van der Waals surface area contributed by atoms with Gasteiger partial charge in [-0.25, -0.2) is 26.7 Å². The van der Waals surface area contributed by atoms with Gasteiger partial charge in [0.1, 0.15) is 11.5 Å². The van der Waals surface area contributed by atoms with Gasteiger partial charge in [-0.1, -0.05) is 0 Å². The zero-order chi connectivity index (χ0) is 21.7. The van der Waals surface area contributed by atoms with Crippen molar-refractivity contribution < 1.29 is 31.1 Å². The number of ether oxygens (including phenoxy) is 2. The highest BCUT2D eigenvalue weighted by Crippen LogP contribution is 2.21. The lowest BCUT2D eigenvalue weighted by Crippen LogP contribution is -2.35. The third-order valence-corrected chi connectivity index (χ3v) is 6.20. The molecule has 12 heteroatoms. The molecule has 0 saturated heterocycles. The van der Waals surface area contributed by atoms with E-state index in [1.54, 1.807) is 0 Å². The molecule has 0 spiro atoms. The summed E-state index contributed by atoms with van der Waals surface area (Å²) in [6.45, 7) is -0.131. The Morgan fingerprint density at radius 1 is 0.931 bits per heavy atom. The number of sulfonamides is 2. The molecule has 0 unspecified atom stereocenters. The molecule has 0 aliphatic carbocycles. The number of carbonyl (C=O) groups is 1. The van der Waals surface area contributed by atoms with E-state index in [2.05, 4.69) is 10.0 Å². The van der Waals surface area contributed by atoms with Crippen LogP contribution in [0.25, 0.3) is 0 Å². The summed E-state index contributed by atoms with van der Waals surface area (Å²) in [5.74, 6) is 0.0246. The average molecular weight is 444 g/mol. The van der Waals surface area contributed by atoms with Gasteiger partial charge in [0, 0.05) is 13.1 Å². The molecule has 10 nitrogen and oxygen atoms in total. The minimum absolute atomic E-state index is 0.0444. The first-order valence-electron chi connectivity index (χ1n) is 8.21. The molecule has 1 amide bonds. The van der Waals surface area contributed by atoms with Crippen molar-refractivity contribution in [1.29, 1.82) is 0 Å². The van der Waals surface area contributed by atoms with Crippen LogP contribution in [0.4, 0.5) is 0 Å². The summed E-state index contributed by atoms with van der Waals surface area (Å²) in [5.41, 5.74) is -0.0444. The number of benzene rings is 2. The molecule has 0 radical (unpaired) electrons. The monoisotopic (exact) mass is 443 g/mol. The van der Waals surface area contributed by atoms with E-state index in [9.17, 15) is 21.6 Å². The Balaban J connectivity index is 2.00. The van der Waals surface area contributed by atoms with Crippen LogP contribution in [0.1, 0.15) is 10.4 Å². The van der Waals surface area contributed by atoms with Crippen LogP contribution in [0, 0.1) is 0 Å². The fourth-order valence-electron chi connectivity index (χ4n) is 2.34. The van der Waals surface area contributed by atoms with Crippen molar-refractivity contribution in [3.63, 3.8) is 0 Å². The van der Waals surface area contributed by atoms with Crippen molar-refractivity contribution in [3.05, 3.63) is 48.0 Å². The molecule has 0 fully saturated rings. The van der Waals surface area contributed by atoms with Crippen LogP contribution in [0.2, 0.25) is 0 Å². The Kier molecular flexibility index (Phi) is 7.19. The highest BCUT2D eigenvalue weighted by molar-refractivity contribution is 7.89. The highest BCUT2D eigenvalue weighted by Gasteiger charge is 2.18. The average Bonchev–Trinajstić information content (AvgIpc) is 2.69. The van der Waals surface area contributed by atoms with Gasteiger partial charge in [0.25, 0.3) is 5.91 Å². The lowest BCUT2D eigenvalue weighted by Gasteiger charge is -2.11. The molecular weight excluding hydrogens is 422 g/mol. The molecule has 4 N–H and O–H groups in total. The number of carbonyl (C=O) groups excluding carboxylic acids is 1. The Morgan fingerprint density at radius 3 is 2.10 bits per heavy atom. The maximum atomic E-state index is 12.4. The van der Waals surface area contributed by atoms with Crippen LogP contribution >= 0.6 is 0 Å². The second-order valence-electron chi connectivity index (χ2n) is 5.74. The third kappa shape index (κ3) is 5.90. The Hall–Kier alpha value is -2.67. The van der Waals surface area contributed by atoms with Crippen molar-refractivity contribution in [2.75, 3.05) is 27.3 Å². The highest BCUT2D eigenvalue weighted by atomic mass is 32.2. The van der Waals surface area contributed by atoms with E-state index in [0.29, 0.717) is 5.75 Å². The molecule has 0 saturated carbocycles. The summed E-state index contributed by atoms with van der Waals surface area (Å²) < 4.78 is 59.8. The summed E-state index contributed by atoms with van der Waals surface area (Å²) in [4.78, 5) is 12.2. The molecule has 0 bridgehead atoms. The van der Waals surface area contributed by atoms with Crippen molar-refractivity contribution in [3.8, 4) is 11.5 Å². The van der Waals surface area contributed by atoms with E-state index in [-0.39, 0.29) is 34.2 Å². The Labute approximate surface area is 169 Å². The SMILES string of the molecule is COc1ccc(S(=O)(=O)NCCNC(=O)c2cc(S(N)(=O)=O)ccc2OC)cc1. The summed E-state index contributed by atoms with van der Waals surface area (Å²) in [6, 6.07) is 9.43. The van der Waals surface area contributed by atoms with Gasteiger partial charge in [0.05, 0.1) is 29.6 Å². The normalized spacial score (nSPS) is 11.7. The van der Waals surface area contributed by atoms with E-state index < -0.39 is 26.0 Å². The van der Waals surface area contributed by atoms with E-state index in [1.165, 1.54) is 50.6 Å². The Morgan fingerprint density at radius 2 is 1.55 bits per heavy atom. The topological polar surface area (TPSA) is 154 Å². The fraction of sp³-hybridized carbons (Fsp3) is 0.235. The van der Waals surface area contributed by atoms with E-state index in [1.807, 2.05) is 0 Å². The van der Waals surface area contributed by atoms with Crippen molar-refractivity contribution in [2.45, 2.75) is 9.79 Å². The molecule has 2 aromatic rings. The number of primary sulfonamides is 1. The largest absolute Gasteiger partial charge is 0.497 e. The van der Waals surface area contributed by atoms with Gasteiger partial charge >= 0.3 is 0 Å². The van der Waals surface area contributed by atoms with Gasteiger partial charge in [-0.15, -0.1) is 0 Å². The molecule has 29 heavy (non-hydrogen) atoms. The van der Waals surface area contributed by atoms with Gasteiger partial charge in [-0.3, -0.25) is 4.79 Å². The van der Waals surface area contributed by atoms with Crippen LogP contribution in [-0.2, 0) is 20.0 Å². The van der Waals surface area contributed by atoms with Gasteiger partial charge in [-0.05, 0) is 42.5 Å². The van der Waals surface area contributed by atoms with Crippen molar-refractivity contribution in [2.24, 2.45) is 5.14 Å². The maximum Gasteiger partial charge on any atom is 0.255 e. The minimum Gasteiger partial charge on any atom is -0.497 e. The minimum atomic E-state index is -4.00. The molecule has 2 aromatic carbocycles. The van der Waals surface area contributed by atoms with Crippen LogP contribution < -0.4 is 24.7 Å². The number of hydrogen-bond acceptors (Lipinski definition) is 7. The number of methoxy groups -OCH3 is 2. The number of amides is 1. The molecule has 0 aromatic heterocycles. The first-order chi connectivity index (χ1) is 13.6. The van der Waals surface area contributed by atoms with Gasteiger partial charge in [0.2, 0.25) is 20.0 Å². The number of hydrogen-bond donors (Lipinski definition) is 3. The predicted molar refractivity (Wildman–Crippen MR) is 105 cm³/mol. The van der Waals surface area contributed by atoms with E-state index >= 15 is 0 Å². The van der Waals surface area contributed by atoms with Crippen LogP contribution in [-0.4, -0.2) is 50.1 Å². The van der Waals surface area contributed by atoms with Crippen molar-refractivity contribution in [1.82, 2.24) is 10.0 Å². The second-order valence-corrected chi connectivity index (χ2v) is 9.06. The van der Waals surface area contributed by atoms with Gasteiger partial charge < -0.3 is 14.8 Å². The maximum absolute atomic E-state index is 12.4. The predicted octanol–water partition coefficient (Wildman–Crippen LogP) is 0.0595. The van der Waals surface area contributed by atoms with Gasteiger partial charge in [-0.2, -0.15) is 0 Å². The smallest absolute Gasteiger partial charge is 0.255 e. The lowest BCUT2D eigenvalue weighted by molar-refractivity contribution is 0.0951. The van der Waals surface area contributed by atoms with Crippen LogP contribution in [0.5, 0.6) is 11.5 Å². The number of nitrogens with two attached hydrogens (primary N) is 1. The quantitative estimate of drug-likeness (QED) is 0.463. The molecule has 0 atom stereocenters. The van der Waals surface area contributed by atoms with E-state index in [4.69, 9.17) is 14.6 Å². The second kappa shape index (κ2) is 9.22. The molecule has 0 heterocycles. The molecule has 158 valence electrons. The summed E-state index contributed by atoms with van der Waals surface area (Å²) in [7, 11) is -4.97.